The Labute approximate surface area is 219 Å². The lowest BCUT2D eigenvalue weighted by molar-refractivity contribution is -0.116. The van der Waals surface area contributed by atoms with Crippen molar-refractivity contribution in [3.63, 3.8) is 0 Å². The predicted octanol–water partition coefficient (Wildman–Crippen LogP) is 5.41. The van der Waals surface area contributed by atoms with Crippen molar-refractivity contribution in [2.24, 2.45) is 34.5 Å². The minimum Gasteiger partial charge on any atom is -0.506 e. The van der Waals surface area contributed by atoms with E-state index in [1.165, 1.54) is 24.0 Å². The molecule has 1 aromatic carbocycles. The summed E-state index contributed by atoms with van der Waals surface area (Å²) in [7, 11) is 0. The predicted molar refractivity (Wildman–Crippen MR) is 143 cm³/mol. The van der Waals surface area contributed by atoms with E-state index in [9.17, 15) is 24.9 Å². The summed E-state index contributed by atoms with van der Waals surface area (Å²) in [4.78, 5) is 26.6. The maximum atomic E-state index is 12.9. The van der Waals surface area contributed by atoms with E-state index in [1.54, 1.807) is 0 Å². The Kier molecular flexibility index (Phi) is 6.42. The second-order valence-electron chi connectivity index (χ2n) is 12.8. The summed E-state index contributed by atoms with van der Waals surface area (Å²) in [6, 6.07) is 2.27. The Hall–Kier alpha value is -2.80. The largest absolute Gasteiger partial charge is 0.506 e. The number of carbonyl (C=O) groups is 2. The standard InChI is InChI=1S/C30H40N2O5/c1-29(2)19-7-5-17(22(29)13-19)15-32(16-18-6-8-20-14-23(18)30(20,3)4)12-11-25(34)31-26-24(33)10-9-21(27(26)35)28(36)37/h5-6,9-10,19-20,22-23,33,35H,7-8,11-16H2,1-4H3,(H,31,34)(H,36,37)/t19-,20-,22-,23-/m0/s1. The minimum absolute atomic E-state index is 0.171. The van der Waals surface area contributed by atoms with Crippen LogP contribution in [0.25, 0.3) is 0 Å². The molecule has 0 saturated heterocycles. The van der Waals surface area contributed by atoms with Crippen molar-refractivity contribution < 1.29 is 24.9 Å². The molecule has 6 aliphatic carbocycles. The first-order valence-corrected chi connectivity index (χ1v) is 13.6. The summed E-state index contributed by atoms with van der Waals surface area (Å²) in [5.74, 6) is 0.0360. The van der Waals surface area contributed by atoms with Gasteiger partial charge in [0.25, 0.3) is 0 Å². The molecule has 2 saturated carbocycles. The molecule has 0 aromatic heterocycles. The number of amides is 1. The van der Waals surface area contributed by atoms with Crippen LogP contribution in [0, 0.1) is 34.5 Å². The second-order valence-corrected chi connectivity index (χ2v) is 12.8. The normalized spacial score (nSPS) is 28.5. The molecule has 4 atom stereocenters. The number of hydrogen-bond acceptors (Lipinski definition) is 5. The average Bonchev–Trinajstić information content (AvgIpc) is 2.84. The van der Waals surface area contributed by atoms with Crippen LogP contribution in [0.15, 0.2) is 35.4 Å². The highest BCUT2D eigenvalue weighted by Crippen LogP contribution is 2.60. The molecule has 7 rings (SSSR count). The fraction of sp³-hybridized carbons (Fsp3) is 0.600. The fourth-order valence-corrected chi connectivity index (χ4v) is 7.38. The lowest BCUT2D eigenvalue weighted by Crippen LogP contribution is -2.51. The number of nitrogens with zero attached hydrogens (tertiary/aromatic N) is 1. The summed E-state index contributed by atoms with van der Waals surface area (Å²) < 4.78 is 0. The lowest BCUT2D eigenvalue weighted by atomic mass is 9.48. The highest BCUT2D eigenvalue weighted by atomic mass is 16.4. The van der Waals surface area contributed by atoms with Crippen LogP contribution in [0.2, 0.25) is 0 Å². The van der Waals surface area contributed by atoms with E-state index in [0.29, 0.717) is 29.2 Å². The van der Waals surface area contributed by atoms with Gasteiger partial charge in [0, 0.05) is 26.1 Å². The number of carboxylic acids is 1. The van der Waals surface area contributed by atoms with E-state index < -0.39 is 11.7 Å². The van der Waals surface area contributed by atoms with Gasteiger partial charge in [-0.15, -0.1) is 0 Å². The molecular formula is C30H40N2O5. The number of fused-ring (bicyclic) bond motifs is 2. The van der Waals surface area contributed by atoms with Gasteiger partial charge in [0.1, 0.15) is 17.0 Å². The van der Waals surface area contributed by atoms with Gasteiger partial charge in [-0.05, 0) is 72.3 Å². The zero-order chi connectivity index (χ0) is 26.7. The van der Waals surface area contributed by atoms with Crippen molar-refractivity contribution in [1.29, 1.82) is 0 Å². The second kappa shape index (κ2) is 9.19. The third-order valence-corrected chi connectivity index (χ3v) is 10.3. The zero-order valence-electron chi connectivity index (χ0n) is 22.4. The molecule has 200 valence electrons. The van der Waals surface area contributed by atoms with Crippen molar-refractivity contribution in [2.75, 3.05) is 25.0 Å². The average molecular weight is 509 g/mol. The van der Waals surface area contributed by atoms with Gasteiger partial charge in [-0.25, -0.2) is 4.79 Å². The summed E-state index contributed by atoms with van der Waals surface area (Å²) >= 11 is 0. The number of phenols is 2. The Morgan fingerprint density at radius 1 is 0.946 bits per heavy atom. The summed E-state index contributed by atoms with van der Waals surface area (Å²) in [5, 5.41) is 32.2. The monoisotopic (exact) mass is 508 g/mol. The van der Waals surface area contributed by atoms with Crippen LogP contribution in [0.4, 0.5) is 5.69 Å². The molecule has 37 heavy (non-hydrogen) atoms. The highest BCUT2D eigenvalue weighted by Gasteiger charge is 2.52. The van der Waals surface area contributed by atoms with Gasteiger partial charge in [0.2, 0.25) is 5.91 Å². The topological polar surface area (TPSA) is 110 Å². The van der Waals surface area contributed by atoms with Crippen LogP contribution in [0.3, 0.4) is 0 Å². The molecule has 0 aliphatic heterocycles. The molecule has 1 aromatic rings. The van der Waals surface area contributed by atoms with E-state index >= 15 is 0 Å². The summed E-state index contributed by atoms with van der Waals surface area (Å²) in [6.45, 7) is 11.7. The Morgan fingerprint density at radius 3 is 1.95 bits per heavy atom. The zero-order valence-corrected chi connectivity index (χ0v) is 22.4. The Morgan fingerprint density at radius 2 is 1.49 bits per heavy atom. The number of rotatable bonds is 9. The van der Waals surface area contributed by atoms with Gasteiger partial charge in [-0.1, -0.05) is 51.0 Å². The van der Waals surface area contributed by atoms with Gasteiger partial charge in [-0.2, -0.15) is 0 Å². The first-order valence-electron chi connectivity index (χ1n) is 13.6. The van der Waals surface area contributed by atoms with Gasteiger partial charge >= 0.3 is 5.97 Å². The Balaban J connectivity index is 1.29. The number of allylic oxidation sites excluding steroid dienone is 2. The molecular weight excluding hydrogens is 468 g/mol. The van der Waals surface area contributed by atoms with Crippen LogP contribution >= 0.6 is 0 Å². The van der Waals surface area contributed by atoms with Gasteiger partial charge in [-0.3, -0.25) is 9.69 Å². The summed E-state index contributed by atoms with van der Waals surface area (Å²) in [5.41, 5.74) is 3.02. The number of anilines is 1. The molecule has 2 fully saturated rings. The van der Waals surface area contributed by atoms with Crippen LogP contribution in [0.1, 0.15) is 70.2 Å². The highest BCUT2D eigenvalue weighted by molar-refractivity contribution is 5.99. The third-order valence-electron chi connectivity index (χ3n) is 10.3. The number of carboxylic acid groups (broad SMARTS) is 1. The fourth-order valence-electron chi connectivity index (χ4n) is 7.38. The van der Waals surface area contributed by atoms with E-state index in [-0.39, 0.29) is 29.3 Å². The van der Waals surface area contributed by atoms with Crippen molar-refractivity contribution in [1.82, 2.24) is 4.90 Å². The first kappa shape index (κ1) is 25.8. The van der Waals surface area contributed by atoms with Gasteiger partial charge in [0.05, 0.1) is 0 Å². The van der Waals surface area contributed by atoms with E-state index in [2.05, 4.69) is 50.1 Å². The maximum Gasteiger partial charge on any atom is 0.339 e. The van der Waals surface area contributed by atoms with Crippen LogP contribution in [-0.2, 0) is 4.79 Å². The van der Waals surface area contributed by atoms with Crippen LogP contribution in [-0.4, -0.2) is 51.7 Å². The van der Waals surface area contributed by atoms with E-state index in [0.717, 1.165) is 49.9 Å². The molecule has 0 radical (unpaired) electrons. The molecule has 0 unspecified atom stereocenters. The number of carbonyl (C=O) groups excluding carboxylic acids is 1. The van der Waals surface area contributed by atoms with Crippen molar-refractivity contribution in [3.8, 4) is 11.5 Å². The smallest absolute Gasteiger partial charge is 0.339 e. The van der Waals surface area contributed by atoms with Crippen molar-refractivity contribution in [3.05, 3.63) is 41.0 Å². The number of nitrogens with one attached hydrogen (secondary N) is 1. The molecule has 0 heterocycles. The molecule has 0 spiro atoms. The lowest BCUT2D eigenvalue weighted by Gasteiger charge is -2.58. The van der Waals surface area contributed by atoms with Crippen molar-refractivity contribution in [2.45, 2.75) is 59.8 Å². The summed E-state index contributed by atoms with van der Waals surface area (Å²) in [6.07, 6.45) is 9.78. The molecule has 4 bridgehead atoms. The number of phenolic OH excluding ortho intramolecular Hbond substituents is 1. The minimum atomic E-state index is -1.33. The number of aromatic hydroxyl groups is 2. The molecule has 4 N–H and O–H groups in total. The molecule has 7 heteroatoms. The van der Waals surface area contributed by atoms with Crippen LogP contribution < -0.4 is 5.32 Å². The van der Waals surface area contributed by atoms with E-state index in [1.807, 2.05) is 0 Å². The van der Waals surface area contributed by atoms with Crippen molar-refractivity contribution >= 4 is 17.6 Å². The molecule has 1 amide bonds. The Bertz CT molecular complexity index is 1130. The first-order chi connectivity index (χ1) is 17.4. The number of benzene rings is 1. The number of hydrogen-bond donors (Lipinski definition) is 4. The van der Waals surface area contributed by atoms with E-state index in [4.69, 9.17) is 0 Å². The third kappa shape index (κ3) is 4.45. The quantitative estimate of drug-likeness (QED) is 0.262. The molecule has 6 aliphatic rings. The van der Waals surface area contributed by atoms with Gasteiger partial charge in [0.15, 0.2) is 5.75 Å². The number of aromatic carboxylic acids is 1. The van der Waals surface area contributed by atoms with Crippen LogP contribution in [0.5, 0.6) is 11.5 Å². The maximum absolute atomic E-state index is 12.9. The molecule has 7 nitrogen and oxygen atoms in total. The van der Waals surface area contributed by atoms with Gasteiger partial charge < -0.3 is 20.6 Å². The SMILES string of the molecule is CC1(C)[C@H]2CC=C(CN(CCC(=O)Nc3c(O)ccc(C(=O)O)c3O)CC3=CC[C@H]4C[C@@H]3C4(C)C)[C@@H]1C2.